The molecule has 2 aromatic carbocycles. The van der Waals surface area contributed by atoms with Crippen LogP contribution in [0.15, 0.2) is 53.0 Å². The molecular formula is C23H17ClF4N2O2. The smallest absolute Gasteiger partial charge is 0.246 e. The van der Waals surface area contributed by atoms with Crippen LogP contribution in [0.2, 0.25) is 5.02 Å². The Labute approximate surface area is 186 Å². The highest BCUT2D eigenvalue weighted by atomic mass is 35.5. The van der Waals surface area contributed by atoms with E-state index in [9.17, 15) is 22.4 Å². The molecule has 0 aliphatic carbocycles. The molecule has 0 spiro atoms. The van der Waals surface area contributed by atoms with Gasteiger partial charge in [0.25, 0.3) is 0 Å². The fourth-order valence-electron chi connectivity index (χ4n) is 3.48. The Morgan fingerprint density at radius 3 is 2.12 bits per heavy atom. The second kappa shape index (κ2) is 9.08. The van der Waals surface area contributed by atoms with Crippen LogP contribution in [-0.2, 0) is 4.79 Å². The zero-order valence-electron chi connectivity index (χ0n) is 16.6. The minimum atomic E-state index is -1.64. The van der Waals surface area contributed by atoms with Crippen molar-refractivity contribution in [3.8, 4) is 11.3 Å². The quantitative estimate of drug-likeness (QED) is 0.221. The largest absolute Gasteiger partial charge is 0.457 e. The molecule has 4 nitrogen and oxygen atoms in total. The molecule has 1 aromatic heterocycles. The highest BCUT2D eigenvalue weighted by Crippen LogP contribution is 2.34. The number of piperazine rings is 1. The first kappa shape index (κ1) is 22.0. The number of hydrogen-bond acceptors (Lipinski definition) is 3. The monoisotopic (exact) mass is 464 g/mol. The van der Waals surface area contributed by atoms with Crippen LogP contribution in [0.5, 0.6) is 0 Å². The number of amides is 1. The number of hydrogen-bond donors (Lipinski definition) is 0. The Bertz CT molecular complexity index is 1140. The highest BCUT2D eigenvalue weighted by Gasteiger charge is 2.30. The van der Waals surface area contributed by atoms with Crippen molar-refractivity contribution in [2.24, 2.45) is 0 Å². The summed E-state index contributed by atoms with van der Waals surface area (Å²) in [4.78, 5) is 15.1. The summed E-state index contributed by atoms with van der Waals surface area (Å²) in [5.41, 5.74) is 0.0835. The lowest BCUT2D eigenvalue weighted by atomic mass is 10.2. The first-order valence-electron chi connectivity index (χ1n) is 9.75. The third-order valence-corrected chi connectivity index (χ3v) is 5.50. The molecule has 9 heteroatoms. The lowest BCUT2D eigenvalue weighted by molar-refractivity contribution is -0.126. The molecule has 166 valence electrons. The third-order valence-electron chi connectivity index (χ3n) is 5.17. The zero-order chi connectivity index (χ0) is 22.8. The molecule has 1 fully saturated rings. The van der Waals surface area contributed by atoms with E-state index in [1.807, 2.05) is 30.3 Å². The van der Waals surface area contributed by atoms with E-state index in [0.29, 0.717) is 11.5 Å². The van der Waals surface area contributed by atoms with Crippen molar-refractivity contribution in [2.75, 3.05) is 31.1 Å². The number of furan rings is 1. The number of rotatable bonds is 4. The second-order valence-corrected chi connectivity index (χ2v) is 7.51. The molecule has 3 aromatic rings. The van der Waals surface area contributed by atoms with E-state index in [1.54, 1.807) is 12.1 Å². The van der Waals surface area contributed by atoms with Crippen molar-refractivity contribution in [1.82, 2.24) is 4.90 Å². The maximum Gasteiger partial charge on any atom is 0.246 e. The molecule has 32 heavy (non-hydrogen) atoms. The minimum Gasteiger partial charge on any atom is -0.457 e. The van der Waals surface area contributed by atoms with Crippen molar-refractivity contribution in [3.05, 3.63) is 82.6 Å². The highest BCUT2D eigenvalue weighted by molar-refractivity contribution is 6.31. The first-order chi connectivity index (χ1) is 15.4. The molecule has 0 N–H and O–H groups in total. The van der Waals surface area contributed by atoms with Gasteiger partial charge in [-0.15, -0.1) is 0 Å². The van der Waals surface area contributed by atoms with Gasteiger partial charge in [0.1, 0.15) is 22.2 Å². The predicted octanol–water partition coefficient (Wildman–Crippen LogP) is 5.52. The molecule has 0 atom stereocenters. The Balaban J connectivity index is 1.40. The fraction of sp³-hybridized carbons (Fsp3) is 0.174. The molecule has 2 heterocycles. The topological polar surface area (TPSA) is 36.7 Å². The SMILES string of the molecule is O=C(/C=C/c1ccc(-c2ccccc2)o1)N1CCN(c2c(F)c(F)c(Cl)c(F)c2F)CC1. The van der Waals surface area contributed by atoms with Crippen LogP contribution >= 0.6 is 11.6 Å². The molecule has 1 aliphatic rings. The molecule has 0 radical (unpaired) electrons. The normalized spacial score (nSPS) is 14.4. The maximum absolute atomic E-state index is 14.2. The average molecular weight is 465 g/mol. The Morgan fingerprint density at radius 1 is 0.875 bits per heavy atom. The molecular weight excluding hydrogens is 448 g/mol. The standard InChI is InChI=1S/C23H17ClF4N2O2/c24-18-19(25)21(27)23(22(28)20(18)26)30-12-10-29(11-13-30)17(31)9-7-15-6-8-16(32-15)14-4-2-1-3-5-14/h1-9H,10-13H2/b9-7+. The summed E-state index contributed by atoms with van der Waals surface area (Å²) in [6.45, 7) is 0.211. The van der Waals surface area contributed by atoms with E-state index >= 15 is 0 Å². The summed E-state index contributed by atoms with van der Waals surface area (Å²) in [5.74, 6) is -5.56. The van der Waals surface area contributed by atoms with E-state index in [2.05, 4.69) is 0 Å². The Hall–Kier alpha value is -3.26. The summed E-state index contributed by atoms with van der Waals surface area (Å²) < 4.78 is 61.5. The van der Waals surface area contributed by atoms with E-state index < -0.39 is 34.0 Å². The van der Waals surface area contributed by atoms with Gasteiger partial charge >= 0.3 is 0 Å². The fourth-order valence-corrected chi connectivity index (χ4v) is 3.65. The van der Waals surface area contributed by atoms with Crippen LogP contribution < -0.4 is 4.90 Å². The molecule has 0 saturated carbocycles. The summed E-state index contributed by atoms with van der Waals surface area (Å²) >= 11 is 5.27. The van der Waals surface area contributed by atoms with Gasteiger partial charge in [-0.1, -0.05) is 41.9 Å². The van der Waals surface area contributed by atoms with E-state index in [1.165, 1.54) is 17.1 Å². The van der Waals surface area contributed by atoms with Gasteiger partial charge in [-0.3, -0.25) is 4.79 Å². The van der Waals surface area contributed by atoms with Crippen LogP contribution in [0, 0.1) is 23.3 Å². The lowest BCUT2D eigenvalue weighted by Gasteiger charge is -2.36. The van der Waals surface area contributed by atoms with Crippen molar-refractivity contribution < 1.29 is 26.8 Å². The molecule has 1 aliphatic heterocycles. The summed E-state index contributed by atoms with van der Waals surface area (Å²) in [6, 6.07) is 13.0. The van der Waals surface area contributed by atoms with Crippen LogP contribution in [0.3, 0.4) is 0 Å². The van der Waals surface area contributed by atoms with Crippen LogP contribution in [0.25, 0.3) is 17.4 Å². The van der Waals surface area contributed by atoms with Crippen molar-refractivity contribution in [1.29, 1.82) is 0 Å². The zero-order valence-corrected chi connectivity index (χ0v) is 17.4. The van der Waals surface area contributed by atoms with Gasteiger partial charge < -0.3 is 14.2 Å². The number of anilines is 1. The predicted molar refractivity (Wildman–Crippen MR) is 113 cm³/mol. The number of benzene rings is 2. The lowest BCUT2D eigenvalue weighted by Crippen LogP contribution is -2.49. The van der Waals surface area contributed by atoms with Gasteiger partial charge in [-0.25, -0.2) is 17.6 Å². The second-order valence-electron chi connectivity index (χ2n) is 7.13. The van der Waals surface area contributed by atoms with Gasteiger partial charge in [0.2, 0.25) is 5.91 Å². The minimum absolute atomic E-state index is 0.00710. The van der Waals surface area contributed by atoms with Crippen molar-refractivity contribution in [2.45, 2.75) is 0 Å². The number of carbonyl (C=O) groups is 1. The van der Waals surface area contributed by atoms with E-state index in [4.69, 9.17) is 16.0 Å². The number of nitrogens with zero attached hydrogens (tertiary/aromatic N) is 2. The third kappa shape index (κ3) is 4.23. The molecule has 4 rings (SSSR count). The Morgan fingerprint density at radius 2 is 1.50 bits per heavy atom. The van der Waals surface area contributed by atoms with E-state index in [0.717, 1.165) is 10.5 Å². The van der Waals surface area contributed by atoms with Gasteiger partial charge in [-0.05, 0) is 18.2 Å². The first-order valence-corrected chi connectivity index (χ1v) is 10.1. The van der Waals surface area contributed by atoms with Gasteiger partial charge in [-0.2, -0.15) is 0 Å². The molecule has 0 bridgehead atoms. The average Bonchev–Trinajstić information content (AvgIpc) is 3.30. The molecule has 1 amide bonds. The number of halogens is 5. The molecule has 0 unspecified atom stereocenters. The van der Waals surface area contributed by atoms with Crippen LogP contribution in [0.1, 0.15) is 5.76 Å². The van der Waals surface area contributed by atoms with Crippen molar-refractivity contribution >= 4 is 29.3 Å². The van der Waals surface area contributed by atoms with Gasteiger partial charge in [0, 0.05) is 37.8 Å². The van der Waals surface area contributed by atoms with Crippen LogP contribution in [-0.4, -0.2) is 37.0 Å². The van der Waals surface area contributed by atoms with Crippen molar-refractivity contribution in [3.63, 3.8) is 0 Å². The van der Waals surface area contributed by atoms with Crippen LogP contribution in [0.4, 0.5) is 23.2 Å². The van der Waals surface area contributed by atoms with Gasteiger partial charge in [0.15, 0.2) is 23.3 Å². The Kier molecular flexibility index (Phi) is 6.23. The maximum atomic E-state index is 14.2. The number of carbonyl (C=O) groups excluding carboxylic acids is 1. The summed E-state index contributed by atoms with van der Waals surface area (Å²) in [7, 11) is 0. The summed E-state index contributed by atoms with van der Waals surface area (Å²) in [6.07, 6.45) is 2.87. The van der Waals surface area contributed by atoms with E-state index in [-0.39, 0.29) is 32.1 Å². The summed E-state index contributed by atoms with van der Waals surface area (Å²) in [5, 5.41) is -1.23. The van der Waals surface area contributed by atoms with Gasteiger partial charge in [0.05, 0.1) is 0 Å². The molecule has 1 saturated heterocycles.